The van der Waals surface area contributed by atoms with Gasteiger partial charge in [0, 0.05) is 25.7 Å². The second kappa shape index (κ2) is 4.87. The number of halogens is 1. The summed E-state index contributed by atoms with van der Waals surface area (Å²) in [5.74, 6) is 0.986. The highest BCUT2D eigenvalue weighted by atomic mass is 35.5. The lowest BCUT2D eigenvalue weighted by atomic mass is 10.1. The molecule has 1 saturated heterocycles. The summed E-state index contributed by atoms with van der Waals surface area (Å²) in [6, 6.07) is 8.83. The highest BCUT2D eigenvalue weighted by Crippen LogP contribution is 2.36. The van der Waals surface area contributed by atoms with Gasteiger partial charge in [-0.15, -0.1) is 0 Å². The van der Waals surface area contributed by atoms with Crippen LogP contribution in [0.3, 0.4) is 0 Å². The zero-order valence-electron chi connectivity index (χ0n) is 10.0. The number of benzene rings is 1. The van der Waals surface area contributed by atoms with Crippen LogP contribution in [0.2, 0.25) is 5.02 Å². The van der Waals surface area contributed by atoms with Crippen molar-refractivity contribution in [3.63, 3.8) is 0 Å². The lowest BCUT2D eigenvalue weighted by molar-refractivity contribution is 0.221. The van der Waals surface area contributed by atoms with Crippen molar-refractivity contribution in [2.75, 3.05) is 25.0 Å². The summed E-state index contributed by atoms with van der Waals surface area (Å²) < 4.78 is 0. The molecule has 1 aromatic rings. The van der Waals surface area contributed by atoms with Gasteiger partial charge in [0.2, 0.25) is 0 Å². The Hall–Kier alpha value is -0.730. The standard InChI is InChI=1S/C14H19ClN2/c15-13-3-1-2-4-14(13)16-7-8-17-10-11-5-6-12(17)9-11/h1-4,11-12,16H,5-10H2. The van der Waals surface area contributed by atoms with Gasteiger partial charge in [-0.25, -0.2) is 0 Å². The van der Waals surface area contributed by atoms with Crippen LogP contribution in [0.25, 0.3) is 0 Å². The van der Waals surface area contributed by atoms with Gasteiger partial charge in [-0.3, -0.25) is 4.90 Å². The van der Waals surface area contributed by atoms with E-state index >= 15 is 0 Å². The van der Waals surface area contributed by atoms with Crippen molar-refractivity contribution in [1.82, 2.24) is 4.90 Å². The van der Waals surface area contributed by atoms with Crippen LogP contribution in [-0.4, -0.2) is 30.6 Å². The number of nitrogens with zero attached hydrogens (tertiary/aromatic N) is 1. The molecular formula is C14H19ClN2. The Balaban J connectivity index is 1.48. The molecule has 1 aromatic carbocycles. The molecule has 0 spiro atoms. The van der Waals surface area contributed by atoms with Crippen molar-refractivity contribution in [1.29, 1.82) is 0 Å². The van der Waals surface area contributed by atoms with Gasteiger partial charge >= 0.3 is 0 Å². The minimum Gasteiger partial charge on any atom is -0.383 e. The van der Waals surface area contributed by atoms with E-state index in [1.807, 2.05) is 24.3 Å². The summed E-state index contributed by atoms with van der Waals surface area (Å²) >= 11 is 6.11. The predicted molar refractivity (Wildman–Crippen MR) is 72.6 cm³/mol. The van der Waals surface area contributed by atoms with Crippen LogP contribution < -0.4 is 5.32 Å². The Bertz CT molecular complexity index is 394. The molecule has 2 aliphatic rings. The van der Waals surface area contributed by atoms with Crippen molar-refractivity contribution in [2.45, 2.75) is 25.3 Å². The van der Waals surface area contributed by atoms with Crippen molar-refractivity contribution >= 4 is 17.3 Å². The van der Waals surface area contributed by atoms with Gasteiger partial charge in [-0.2, -0.15) is 0 Å². The molecule has 2 fully saturated rings. The van der Waals surface area contributed by atoms with Gasteiger partial charge in [-0.05, 0) is 37.3 Å². The van der Waals surface area contributed by atoms with Crippen LogP contribution in [-0.2, 0) is 0 Å². The van der Waals surface area contributed by atoms with E-state index in [1.54, 1.807) is 0 Å². The molecule has 1 N–H and O–H groups in total. The van der Waals surface area contributed by atoms with Crippen LogP contribution in [0.5, 0.6) is 0 Å². The minimum absolute atomic E-state index is 0.815. The average molecular weight is 251 g/mol. The van der Waals surface area contributed by atoms with E-state index in [2.05, 4.69) is 10.2 Å². The fourth-order valence-corrected chi connectivity index (χ4v) is 3.44. The molecule has 2 bridgehead atoms. The highest BCUT2D eigenvalue weighted by molar-refractivity contribution is 6.33. The van der Waals surface area contributed by atoms with Crippen molar-refractivity contribution in [3.8, 4) is 0 Å². The van der Waals surface area contributed by atoms with Crippen LogP contribution in [0, 0.1) is 5.92 Å². The number of anilines is 1. The Labute approximate surface area is 108 Å². The number of rotatable bonds is 4. The molecule has 92 valence electrons. The molecule has 1 aliphatic heterocycles. The second-order valence-electron chi connectivity index (χ2n) is 5.23. The smallest absolute Gasteiger partial charge is 0.0637 e. The number of likely N-dealkylation sites (tertiary alicyclic amines) is 1. The summed E-state index contributed by atoms with van der Waals surface area (Å²) in [6.45, 7) is 3.45. The molecule has 17 heavy (non-hydrogen) atoms. The molecule has 2 unspecified atom stereocenters. The molecule has 0 amide bonds. The fourth-order valence-electron chi connectivity index (χ4n) is 3.24. The van der Waals surface area contributed by atoms with Crippen LogP contribution in [0.15, 0.2) is 24.3 Å². The molecule has 2 nitrogen and oxygen atoms in total. The first-order valence-corrected chi connectivity index (χ1v) is 6.93. The van der Waals surface area contributed by atoms with Gasteiger partial charge in [0.15, 0.2) is 0 Å². The van der Waals surface area contributed by atoms with Gasteiger partial charge in [0.1, 0.15) is 0 Å². The van der Waals surface area contributed by atoms with E-state index in [0.717, 1.165) is 35.8 Å². The summed E-state index contributed by atoms with van der Waals surface area (Å²) in [5.41, 5.74) is 1.05. The first-order chi connectivity index (χ1) is 8.33. The molecule has 0 radical (unpaired) electrons. The highest BCUT2D eigenvalue weighted by Gasteiger charge is 2.36. The van der Waals surface area contributed by atoms with Gasteiger partial charge in [0.25, 0.3) is 0 Å². The Kier molecular flexibility index (Phi) is 3.26. The summed E-state index contributed by atoms with van der Waals surface area (Å²) in [6.07, 6.45) is 4.31. The topological polar surface area (TPSA) is 15.3 Å². The lowest BCUT2D eigenvalue weighted by Gasteiger charge is -2.26. The van der Waals surface area contributed by atoms with Gasteiger partial charge in [-0.1, -0.05) is 23.7 Å². The molecule has 1 heterocycles. The second-order valence-corrected chi connectivity index (χ2v) is 5.64. The zero-order valence-corrected chi connectivity index (χ0v) is 10.8. The van der Waals surface area contributed by atoms with E-state index in [1.165, 1.54) is 25.8 Å². The number of nitrogens with one attached hydrogen (secondary N) is 1. The van der Waals surface area contributed by atoms with Gasteiger partial charge in [0.05, 0.1) is 10.7 Å². The van der Waals surface area contributed by atoms with Crippen molar-refractivity contribution in [2.24, 2.45) is 5.92 Å². The molecule has 3 heteroatoms. The largest absolute Gasteiger partial charge is 0.383 e. The molecule has 1 saturated carbocycles. The Morgan fingerprint density at radius 2 is 2.18 bits per heavy atom. The predicted octanol–water partition coefficient (Wildman–Crippen LogP) is 3.24. The number of para-hydroxylation sites is 1. The Morgan fingerprint density at radius 1 is 1.29 bits per heavy atom. The van der Waals surface area contributed by atoms with E-state index in [-0.39, 0.29) is 0 Å². The third-order valence-electron chi connectivity index (χ3n) is 4.11. The van der Waals surface area contributed by atoms with Crippen LogP contribution in [0.1, 0.15) is 19.3 Å². The number of piperidine rings is 1. The minimum atomic E-state index is 0.815. The quantitative estimate of drug-likeness (QED) is 0.883. The Morgan fingerprint density at radius 3 is 2.88 bits per heavy atom. The van der Waals surface area contributed by atoms with Crippen LogP contribution >= 0.6 is 11.6 Å². The van der Waals surface area contributed by atoms with E-state index in [4.69, 9.17) is 11.6 Å². The maximum absolute atomic E-state index is 6.11. The van der Waals surface area contributed by atoms with Crippen molar-refractivity contribution in [3.05, 3.63) is 29.3 Å². The van der Waals surface area contributed by atoms with Gasteiger partial charge < -0.3 is 5.32 Å². The maximum Gasteiger partial charge on any atom is 0.0637 e. The molecular weight excluding hydrogens is 232 g/mol. The average Bonchev–Trinajstić information content (AvgIpc) is 2.94. The normalized spacial score (nSPS) is 27.6. The molecule has 3 rings (SSSR count). The lowest BCUT2D eigenvalue weighted by Crippen LogP contribution is -2.35. The van der Waals surface area contributed by atoms with E-state index in [9.17, 15) is 0 Å². The SMILES string of the molecule is Clc1ccccc1NCCN1CC2CCC1C2. The molecule has 0 aromatic heterocycles. The third kappa shape index (κ3) is 2.43. The number of fused-ring (bicyclic) bond motifs is 2. The van der Waals surface area contributed by atoms with Crippen molar-refractivity contribution < 1.29 is 0 Å². The molecule has 1 aliphatic carbocycles. The first kappa shape index (κ1) is 11.4. The summed E-state index contributed by atoms with van der Waals surface area (Å²) in [4.78, 5) is 2.64. The van der Waals surface area contributed by atoms with E-state index < -0.39 is 0 Å². The molecule has 2 atom stereocenters. The number of hydrogen-bond acceptors (Lipinski definition) is 2. The van der Waals surface area contributed by atoms with Crippen LogP contribution in [0.4, 0.5) is 5.69 Å². The maximum atomic E-state index is 6.11. The monoisotopic (exact) mass is 250 g/mol. The first-order valence-electron chi connectivity index (χ1n) is 6.55. The summed E-state index contributed by atoms with van der Waals surface area (Å²) in [7, 11) is 0. The third-order valence-corrected chi connectivity index (χ3v) is 4.44. The van der Waals surface area contributed by atoms with E-state index in [0.29, 0.717) is 0 Å². The fraction of sp³-hybridized carbons (Fsp3) is 0.571. The zero-order chi connectivity index (χ0) is 11.7. The summed E-state index contributed by atoms with van der Waals surface area (Å²) in [5, 5.41) is 4.24. The number of hydrogen-bond donors (Lipinski definition) is 1.